The largest absolute Gasteiger partial charge is 0.419 e. The molecule has 0 radical (unpaired) electrons. The van der Waals surface area contributed by atoms with Gasteiger partial charge in [-0.05, 0) is 56.4 Å². The van der Waals surface area contributed by atoms with Gasteiger partial charge in [-0.1, -0.05) is 51.5 Å². The number of carbonyl (C=O) groups excluding carboxylic acids is 2. The number of aryl methyl sites for hydroxylation is 2. The molecule has 1 amide bonds. The molecule has 0 atom stereocenters. The first kappa shape index (κ1) is 23.5. The lowest BCUT2D eigenvalue weighted by molar-refractivity contribution is 0.0725. The van der Waals surface area contributed by atoms with E-state index in [-0.39, 0.29) is 5.92 Å². The molecule has 2 rings (SSSR count). The Labute approximate surface area is 180 Å². The lowest BCUT2D eigenvalue weighted by Gasteiger charge is -2.22. The predicted octanol–water partition coefficient (Wildman–Crippen LogP) is 6.13. The third-order valence-electron chi connectivity index (χ3n) is 5.10. The summed E-state index contributed by atoms with van der Waals surface area (Å²) in [6.45, 7) is 12.9. The van der Waals surface area contributed by atoms with Crippen LogP contribution in [-0.4, -0.2) is 30.1 Å². The molecule has 0 N–H and O–H groups in total. The lowest BCUT2D eigenvalue weighted by Crippen LogP contribution is -2.33. The van der Waals surface area contributed by atoms with E-state index in [1.165, 1.54) is 5.56 Å². The Balaban J connectivity index is 2.39. The third kappa shape index (κ3) is 5.62. The lowest BCUT2D eigenvalue weighted by atomic mass is 9.99. The van der Waals surface area contributed by atoms with E-state index < -0.39 is 12.1 Å². The summed E-state index contributed by atoms with van der Waals surface area (Å²) in [6.07, 6.45) is 1.57. The number of esters is 1. The van der Waals surface area contributed by atoms with Crippen LogP contribution >= 0.6 is 0 Å². The highest BCUT2D eigenvalue weighted by Crippen LogP contribution is 2.39. The third-order valence-corrected chi connectivity index (χ3v) is 5.10. The highest BCUT2D eigenvalue weighted by Gasteiger charge is 2.24. The zero-order valence-corrected chi connectivity index (χ0v) is 19.0. The van der Waals surface area contributed by atoms with Crippen molar-refractivity contribution in [1.82, 2.24) is 4.90 Å². The smallest absolute Gasteiger partial charge is 0.415 e. The van der Waals surface area contributed by atoms with Gasteiger partial charge < -0.3 is 14.4 Å². The molecule has 0 aliphatic heterocycles. The van der Waals surface area contributed by atoms with E-state index >= 15 is 0 Å². The standard InChI is InChI=1S/C25H33NO4/c1-7-10-19-12-14-20(15-13-19)24(27)29-22-18(6)11-16-21(17(4)5)23(22)30-25(28)26(8-2)9-3/h11-17H,7-10H2,1-6H3. The Hall–Kier alpha value is -2.82. The Morgan fingerprint density at radius 2 is 1.53 bits per heavy atom. The number of rotatable bonds is 8. The van der Waals surface area contributed by atoms with Crippen LogP contribution in [0.25, 0.3) is 0 Å². The van der Waals surface area contributed by atoms with E-state index in [1.807, 2.05) is 58.9 Å². The van der Waals surface area contributed by atoms with Crippen LogP contribution in [0.3, 0.4) is 0 Å². The van der Waals surface area contributed by atoms with Gasteiger partial charge in [0.1, 0.15) is 0 Å². The normalized spacial score (nSPS) is 10.8. The highest BCUT2D eigenvalue weighted by atomic mass is 16.6. The molecule has 0 aliphatic carbocycles. The van der Waals surface area contributed by atoms with Crippen LogP contribution in [0, 0.1) is 6.92 Å². The van der Waals surface area contributed by atoms with Gasteiger partial charge in [-0.25, -0.2) is 9.59 Å². The van der Waals surface area contributed by atoms with Crippen LogP contribution in [0.15, 0.2) is 36.4 Å². The molecule has 0 bridgehead atoms. The fourth-order valence-electron chi connectivity index (χ4n) is 3.24. The van der Waals surface area contributed by atoms with Crippen molar-refractivity contribution in [1.29, 1.82) is 0 Å². The molecule has 2 aromatic rings. The molecule has 0 aromatic heterocycles. The van der Waals surface area contributed by atoms with Gasteiger partial charge in [0.2, 0.25) is 0 Å². The number of hydrogen-bond donors (Lipinski definition) is 0. The average molecular weight is 412 g/mol. The van der Waals surface area contributed by atoms with Crippen molar-refractivity contribution < 1.29 is 19.1 Å². The average Bonchev–Trinajstić information content (AvgIpc) is 2.72. The van der Waals surface area contributed by atoms with Crippen molar-refractivity contribution in [2.45, 2.75) is 60.3 Å². The van der Waals surface area contributed by atoms with Crippen molar-refractivity contribution in [3.05, 3.63) is 58.7 Å². The minimum Gasteiger partial charge on any atom is -0.419 e. The number of amides is 1. The Morgan fingerprint density at radius 3 is 2.07 bits per heavy atom. The monoisotopic (exact) mass is 411 g/mol. The minimum absolute atomic E-state index is 0.0934. The van der Waals surface area contributed by atoms with Gasteiger partial charge in [-0.15, -0.1) is 0 Å². The van der Waals surface area contributed by atoms with Crippen molar-refractivity contribution in [2.75, 3.05) is 13.1 Å². The zero-order chi connectivity index (χ0) is 22.3. The van der Waals surface area contributed by atoms with E-state index in [4.69, 9.17) is 9.47 Å². The molecule has 0 aliphatic rings. The minimum atomic E-state index is -0.470. The number of benzene rings is 2. The van der Waals surface area contributed by atoms with Gasteiger partial charge in [0.15, 0.2) is 11.5 Å². The van der Waals surface area contributed by atoms with E-state index in [9.17, 15) is 9.59 Å². The van der Waals surface area contributed by atoms with Crippen LogP contribution in [-0.2, 0) is 6.42 Å². The number of hydrogen-bond acceptors (Lipinski definition) is 4. The molecule has 0 heterocycles. The van der Waals surface area contributed by atoms with E-state index in [2.05, 4.69) is 6.92 Å². The summed E-state index contributed by atoms with van der Waals surface area (Å²) in [5.74, 6) is 0.236. The number of nitrogens with zero attached hydrogens (tertiary/aromatic N) is 1. The molecule has 162 valence electrons. The number of ether oxygens (including phenoxy) is 2. The fraction of sp³-hybridized carbons (Fsp3) is 0.440. The topological polar surface area (TPSA) is 55.8 Å². The van der Waals surface area contributed by atoms with E-state index in [1.54, 1.807) is 17.0 Å². The number of carbonyl (C=O) groups is 2. The first-order chi connectivity index (χ1) is 14.3. The predicted molar refractivity (Wildman–Crippen MR) is 120 cm³/mol. The Morgan fingerprint density at radius 1 is 0.900 bits per heavy atom. The summed E-state index contributed by atoms with van der Waals surface area (Å²) in [5.41, 5.74) is 3.20. The van der Waals surface area contributed by atoms with Gasteiger partial charge in [-0.2, -0.15) is 0 Å². The second kappa shape index (κ2) is 10.8. The first-order valence-corrected chi connectivity index (χ1v) is 10.7. The molecule has 2 aromatic carbocycles. The van der Waals surface area contributed by atoms with Crippen LogP contribution in [0.2, 0.25) is 0 Å². The maximum atomic E-state index is 12.8. The first-order valence-electron chi connectivity index (χ1n) is 10.7. The SMILES string of the molecule is CCCc1ccc(C(=O)Oc2c(C)ccc(C(C)C)c2OC(=O)N(CC)CC)cc1. The summed E-state index contributed by atoms with van der Waals surface area (Å²) in [5, 5.41) is 0. The second-order valence-electron chi connectivity index (χ2n) is 7.66. The van der Waals surface area contributed by atoms with Crippen molar-refractivity contribution in [3.63, 3.8) is 0 Å². The van der Waals surface area contributed by atoms with Gasteiger partial charge in [-0.3, -0.25) is 0 Å². The Kier molecular flexibility index (Phi) is 8.46. The van der Waals surface area contributed by atoms with Crippen LogP contribution in [0.4, 0.5) is 4.79 Å². The molecule has 0 saturated carbocycles. The zero-order valence-electron chi connectivity index (χ0n) is 19.0. The second-order valence-corrected chi connectivity index (χ2v) is 7.66. The molecule has 0 spiro atoms. The van der Waals surface area contributed by atoms with Gasteiger partial charge in [0.05, 0.1) is 5.56 Å². The quantitative estimate of drug-likeness (QED) is 0.387. The van der Waals surface area contributed by atoms with Crippen molar-refractivity contribution in [3.8, 4) is 11.5 Å². The molecular weight excluding hydrogens is 378 g/mol. The summed E-state index contributed by atoms with van der Waals surface area (Å²) in [7, 11) is 0. The van der Waals surface area contributed by atoms with Crippen LogP contribution in [0.5, 0.6) is 11.5 Å². The maximum absolute atomic E-state index is 12.8. The van der Waals surface area contributed by atoms with E-state index in [0.29, 0.717) is 30.2 Å². The molecule has 0 unspecified atom stereocenters. The Bertz CT molecular complexity index is 867. The van der Waals surface area contributed by atoms with Crippen molar-refractivity contribution >= 4 is 12.1 Å². The summed E-state index contributed by atoms with van der Waals surface area (Å²) in [6, 6.07) is 11.2. The fourth-order valence-corrected chi connectivity index (χ4v) is 3.24. The highest BCUT2D eigenvalue weighted by molar-refractivity contribution is 5.92. The van der Waals surface area contributed by atoms with Gasteiger partial charge in [0.25, 0.3) is 0 Å². The molecule has 5 heteroatoms. The molecular formula is C25H33NO4. The summed E-state index contributed by atoms with van der Waals surface area (Å²) >= 11 is 0. The van der Waals surface area contributed by atoms with Gasteiger partial charge in [0, 0.05) is 18.7 Å². The molecule has 5 nitrogen and oxygen atoms in total. The summed E-state index contributed by atoms with van der Waals surface area (Å²) in [4.78, 5) is 27.0. The molecule has 30 heavy (non-hydrogen) atoms. The van der Waals surface area contributed by atoms with Crippen LogP contribution < -0.4 is 9.47 Å². The molecule has 0 fully saturated rings. The van der Waals surface area contributed by atoms with Crippen molar-refractivity contribution in [2.24, 2.45) is 0 Å². The van der Waals surface area contributed by atoms with Crippen LogP contribution in [0.1, 0.15) is 74.0 Å². The van der Waals surface area contributed by atoms with Gasteiger partial charge >= 0.3 is 12.1 Å². The summed E-state index contributed by atoms with van der Waals surface area (Å²) < 4.78 is 11.5. The molecule has 0 saturated heterocycles. The maximum Gasteiger partial charge on any atom is 0.415 e. The van der Waals surface area contributed by atoms with E-state index in [0.717, 1.165) is 24.0 Å².